The quantitative estimate of drug-likeness (QED) is 0.415. The molecular formula is C14H14N2O3. The van der Waals surface area contributed by atoms with E-state index in [1.807, 2.05) is 0 Å². The first-order valence-electron chi connectivity index (χ1n) is 5.53. The van der Waals surface area contributed by atoms with Crippen LogP contribution in [0.3, 0.4) is 0 Å². The van der Waals surface area contributed by atoms with Crippen LogP contribution < -0.4 is 11.1 Å². The van der Waals surface area contributed by atoms with Crippen LogP contribution in [-0.2, 0) is 9.59 Å². The molecular weight excluding hydrogens is 244 g/mol. The fraction of sp³-hybridized carbons (Fsp3) is 0.143. The summed E-state index contributed by atoms with van der Waals surface area (Å²) in [6.45, 7) is 0. The molecule has 0 fully saturated rings. The number of carboxylic acids is 1. The van der Waals surface area contributed by atoms with Crippen molar-refractivity contribution < 1.29 is 14.7 Å². The number of anilines is 1. The number of hydrogen-bond donors (Lipinski definition) is 3. The van der Waals surface area contributed by atoms with E-state index in [1.54, 1.807) is 30.3 Å². The van der Waals surface area contributed by atoms with E-state index in [4.69, 9.17) is 17.3 Å². The number of nitrogens with one attached hydrogen (secondary N) is 1. The third-order valence-corrected chi connectivity index (χ3v) is 2.30. The fourth-order valence-electron chi connectivity index (χ4n) is 1.32. The van der Waals surface area contributed by atoms with E-state index in [-0.39, 0.29) is 6.42 Å². The lowest BCUT2D eigenvalue weighted by molar-refractivity contribution is -0.141. The monoisotopic (exact) mass is 258 g/mol. The number of hydrogen-bond acceptors (Lipinski definition) is 3. The zero-order chi connectivity index (χ0) is 14.3. The highest BCUT2D eigenvalue weighted by atomic mass is 16.4. The second kappa shape index (κ2) is 6.87. The van der Waals surface area contributed by atoms with Crippen LogP contribution in [0.4, 0.5) is 5.69 Å². The van der Waals surface area contributed by atoms with E-state index in [9.17, 15) is 9.59 Å². The average Bonchev–Trinajstić information content (AvgIpc) is 2.37. The molecule has 0 aliphatic carbocycles. The molecule has 0 bridgehead atoms. The number of rotatable bonds is 5. The van der Waals surface area contributed by atoms with Crippen LogP contribution in [0, 0.1) is 12.3 Å². The molecule has 0 radical (unpaired) electrons. The Labute approximate surface area is 111 Å². The second-order valence-corrected chi connectivity index (χ2v) is 3.81. The normalized spacial score (nSPS) is 11.7. The van der Waals surface area contributed by atoms with E-state index in [2.05, 4.69) is 11.2 Å². The number of nitrogen functional groups attached to an aromatic ring is 1. The van der Waals surface area contributed by atoms with Crippen LogP contribution in [-0.4, -0.2) is 23.0 Å². The van der Waals surface area contributed by atoms with Crippen molar-refractivity contribution in [2.24, 2.45) is 0 Å². The molecule has 1 amide bonds. The minimum absolute atomic E-state index is 0.0587. The molecule has 1 aromatic carbocycles. The van der Waals surface area contributed by atoms with Crippen molar-refractivity contribution in [1.29, 1.82) is 0 Å². The first kappa shape index (κ1) is 14.3. The first-order chi connectivity index (χ1) is 9.02. The molecule has 4 N–H and O–H groups in total. The van der Waals surface area contributed by atoms with Gasteiger partial charge in [-0.1, -0.05) is 12.1 Å². The molecule has 1 unspecified atom stereocenters. The van der Waals surface area contributed by atoms with Gasteiger partial charge in [-0.15, -0.1) is 12.3 Å². The summed E-state index contributed by atoms with van der Waals surface area (Å²) in [5, 5.41) is 11.1. The SMILES string of the molecule is C#CCC(NC(=O)/C=C/c1ccc(N)cc1)C(=O)O. The summed E-state index contributed by atoms with van der Waals surface area (Å²) in [6, 6.07) is 5.82. The summed E-state index contributed by atoms with van der Waals surface area (Å²) in [5.41, 5.74) is 6.94. The summed E-state index contributed by atoms with van der Waals surface area (Å²) >= 11 is 0. The van der Waals surface area contributed by atoms with Crippen LogP contribution in [0.2, 0.25) is 0 Å². The molecule has 0 aliphatic heterocycles. The van der Waals surface area contributed by atoms with Crippen molar-refractivity contribution in [1.82, 2.24) is 5.32 Å². The Bertz CT molecular complexity index is 527. The number of carboxylic acid groups (broad SMARTS) is 1. The zero-order valence-electron chi connectivity index (χ0n) is 10.2. The Balaban J connectivity index is 2.61. The smallest absolute Gasteiger partial charge is 0.327 e. The number of carbonyl (C=O) groups is 2. The molecule has 5 heteroatoms. The van der Waals surface area contributed by atoms with E-state index < -0.39 is 17.9 Å². The van der Waals surface area contributed by atoms with Crippen molar-refractivity contribution >= 4 is 23.6 Å². The Kier molecular flexibility index (Phi) is 5.17. The van der Waals surface area contributed by atoms with Gasteiger partial charge in [-0.3, -0.25) is 4.79 Å². The number of aliphatic carboxylic acids is 1. The number of terminal acetylenes is 1. The van der Waals surface area contributed by atoms with Gasteiger partial charge in [0, 0.05) is 18.2 Å². The predicted molar refractivity (Wildman–Crippen MR) is 72.9 cm³/mol. The zero-order valence-corrected chi connectivity index (χ0v) is 10.2. The summed E-state index contributed by atoms with van der Waals surface area (Å²) in [4.78, 5) is 22.3. The topological polar surface area (TPSA) is 92.4 Å². The lowest BCUT2D eigenvalue weighted by Gasteiger charge is -2.09. The summed E-state index contributed by atoms with van der Waals surface area (Å²) in [5.74, 6) is 0.527. The van der Waals surface area contributed by atoms with Gasteiger partial charge in [-0.25, -0.2) is 4.79 Å². The maximum Gasteiger partial charge on any atom is 0.327 e. The van der Waals surface area contributed by atoms with Gasteiger partial charge in [0.05, 0.1) is 0 Å². The molecule has 0 aromatic heterocycles. The highest BCUT2D eigenvalue weighted by molar-refractivity contribution is 5.94. The second-order valence-electron chi connectivity index (χ2n) is 3.81. The van der Waals surface area contributed by atoms with Gasteiger partial charge in [-0.05, 0) is 23.8 Å². The Morgan fingerprint density at radius 1 is 1.42 bits per heavy atom. The molecule has 0 heterocycles. The third kappa shape index (κ3) is 4.96. The van der Waals surface area contributed by atoms with Gasteiger partial charge in [0.25, 0.3) is 0 Å². The number of amides is 1. The van der Waals surface area contributed by atoms with E-state index in [0.717, 1.165) is 5.56 Å². The highest BCUT2D eigenvalue weighted by Gasteiger charge is 2.17. The van der Waals surface area contributed by atoms with Crippen molar-refractivity contribution in [3.8, 4) is 12.3 Å². The standard InChI is InChI=1S/C14H14N2O3/c1-2-3-12(14(18)19)16-13(17)9-6-10-4-7-11(15)8-5-10/h1,4-9,12H,3,15H2,(H,16,17)(H,18,19)/b9-6+. The minimum Gasteiger partial charge on any atom is -0.480 e. The largest absolute Gasteiger partial charge is 0.480 e. The van der Waals surface area contributed by atoms with Crippen LogP contribution in [0.5, 0.6) is 0 Å². The maximum absolute atomic E-state index is 11.5. The molecule has 5 nitrogen and oxygen atoms in total. The third-order valence-electron chi connectivity index (χ3n) is 2.30. The lowest BCUT2D eigenvalue weighted by atomic mass is 10.2. The van der Waals surface area contributed by atoms with E-state index in [0.29, 0.717) is 5.69 Å². The molecule has 0 saturated carbocycles. The highest BCUT2D eigenvalue weighted by Crippen LogP contribution is 2.06. The fourth-order valence-corrected chi connectivity index (χ4v) is 1.32. The molecule has 0 aliphatic rings. The Morgan fingerprint density at radius 3 is 2.58 bits per heavy atom. The van der Waals surface area contributed by atoms with Crippen LogP contribution in [0.15, 0.2) is 30.3 Å². The van der Waals surface area contributed by atoms with E-state index in [1.165, 1.54) is 6.08 Å². The van der Waals surface area contributed by atoms with Gasteiger partial charge < -0.3 is 16.2 Å². The Morgan fingerprint density at radius 2 is 2.05 bits per heavy atom. The van der Waals surface area contributed by atoms with Gasteiger partial charge in [0.2, 0.25) is 5.91 Å². The van der Waals surface area contributed by atoms with Gasteiger partial charge in [0.1, 0.15) is 6.04 Å². The lowest BCUT2D eigenvalue weighted by Crippen LogP contribution is -2.39. The van der Waals surface area contributed by atoms with Gasteiger partial charge in [-0.2, -0.15) is 0 Å². The molecule has 0 saturated heterocycles. The molecule has 98 valence electrons. The molecule has 1 rings (SSSR count). The number of benzene rings is 1. The predicted octanol–water partition coefficient (Wildman–Crippen LogP) is 0.875. The van der Waals surface area contributed by atoms with Crippen LogP contribution >= 0.6 is 0 Å². The van der Waals surface area contributed by atoms with Gasteiger partial charge >= 0.3 is 5.97 Å². The summed E-state index contributed by atoms with van der Waals surface area (Å²) < 4.78 is 0. The number of carbonyl (C=O) groups excluding carboxylic acids is 1. The minimum atomic E-state index is -1.16. The molecule has 1 aromatic rings. The summed E-state index contributed by atoms with van der Waals surface area (Å²) in [6.07, 6.45) is 7.78. The van der Waals surface area contributed by atoms with Crippen LogP contribution in [0.1, 0.15) is 12.0 Å². The maximum atomic E-state index is 11.5. The number of nitrogens with two attached hydrogens (primary N) is 1. The molecule has 19 heavy (non-hydrogen) atoms. The first-order valence-corrected chi connectivity index (χ1v) is 5.53. The van der Waals surface area contributed by atoms with Crippen molar-refractivity contribution in [2.45, 2.75) is 12.5 Å². The van der Waals surface area contributed by atoms with Crippen molar-refractivity contribution in [3.63, 3.8) is 0 Å². The van der Waals surface area contributed by atoms with Crippen LogP contribution in [0.25, 0.3) is 6.08 Å². The average molecular weight is 258 g/mol. The van der Waals surface area contributed by atoms with Crippen molar-refractivity contribution in [2.75, 3.05) is 5.73 Å². The Hall–Kier alpha value is -2.74. The summed E-state index contributed by atoms with van der Waals surface area (Å²) in [7, 11) is 0. The van der Waals surface area contributed by atoms with Crippen molar-refractivity contribution in [3.05, 3.63) is 35.9 Å². The molecule has 0 spiro atoms. The van der Waals surface area contributed by atoms with Gasteiger partial charge in [0.15, 0.2) is 0 Å². The molecule has 1 atom stereocenters. The van der Waals surface area contributed by atoms with E-state index >= 15 is 0 Å².